The highest BCUT2D eigenvalue weighted by atomic mass is 16.5. The third kappa shape index (κ3) is 6.22. The van der Waals surface area contributed by atoms with Crippen LogP contribution in [0.3, 0.4) is 0 Å². The molecule has 1 unspecified atom stereocenters. The Balaban J connectivity index is 2.50. The lowest BCUT2D eigenvalue weighted by atomic mass is 10.2. The maximum atomic E-state index is 12.2. The topological polar surface area (TPSA) is 57.2 Å². The summed E-state index contributed by atoms with van der Waals surface area (Å²) < 4.78 is 5.62. The Bertz CT molecular complexity index is 350. The first-order chi connectivity index (χ1) is 10.6. The second-order valence-corrected chi connectivity index (χ2v) is 5.58. The Morgan fingerprint density at radius 2 is 2.05 bits per heavy atom. The van der Waals surface area contributed by atoms with Crippen LogP contribution in [0.4, 0.5) is 0 Å². The number of guanidine groups is 1. The largest absolute Gasteiger partial charge is 0.378 e. The van der Waals surface area contributed by atoms with Crippen molar-refractivity contribution < 1.29 is 9.53 Å². The lowest BCUT2D eigenvalue weighted by molar-refractivity contribution is -0.131. The summed E-state index contributed by atoms with van der Waals surface area (Å²) in [5, 5.41) is 3.25. The Kier molecular flexibility index (Phi) is 8.89. The summed E-state index contributed by atoms with van der Waals surface area (Å²) >= 11 is 0. The molecule has 1 saturated heterocycles. The van der Waals surface area contributed by atoms with Crippen molar-refractivity contribution in [3.05, 3.63) is 0 Å². The number of amides is 1. The summed E-state index contributed by atoms with van der Waals surface area (Å²) in [5.41, 5.74) is 0. The van der Waals surface area contributed by atoms with Crippen LogP contribution in [0.2, 0.25) is 0 Å². The molecule has 1 atom stereocenters. The number of hydrogen-bond donors (Lipinski definition) is 1. The number of nitrogens with one attached hydrogen (secondary N) is 1. The molecule has 1 heterocycles. The zero-order valence-corrected chi connectivity index (χ0v) is 14.6. The minimum absolute atomic E-state index is 0.136. The molecule has 1 rings (SSSR count). The average Bonchev–Trinajstić information content (AvgIpc) is 3.00. The van der Waals surface area contributed by atoms with Gasteiger partial charge < -0.3 is 19.9 Å². The van der Waals surface area contributed by atoms with Crippen LogP contribution in [0.1, 0.15) is 40.0 Å². The van der Waals surface area contributed by atoms with E-state index < -0.39 is 0 Å². The predicted molar refractivity (Wildman–Crippen MR) is 90.1 cm³/mol. The van der Waals surface area contributed by atoms with Gasteiger partial charge in [-0.3, -0.25) is 9.79 Å². The first kappa shape index (κ1) is 18.7. The molecule has 1 aliphatic rings. The quantitative estimate of drug-likeness (QED) is 0.542. The van der Waals surface area contributed by atoms with Gasteiger partial charge in [-0.25, -0.2) is 0 Å². The molecular weight excluding hydrogens is 280 g/mol. The SMILES string of the molecule is CCNC(=NCCC1CCCO1)N(C)CC(=O)N(CC)CC. The molecule has 0 saturated carbocycles. The van der Waals surface area contributed by atoms with Gasteiger partial charge >= 0.3 is 0 Å². The van der Waals surface area contributed by atoms with E-state index in [0.717, 1.165) is 58.0 Å². The van der Waals surface area contributed by atoms with Gasteiger partial charge in [0.05, 0.1) is 12.6 Å². The summed E-state index contributed by atoms with van der Waals surface area (Å²) in [6.45, 7) is 10.3. The first-order valence-electron chi connectivity index (χ1n) is 8.51. The van der Waals surface area contributed by atoms with Crippen molar-refractivity contribution in [2.45, 2.75) is 46.1 Å². The summed E-state index contributed by atoms with van der Waals surface area (Å²) in [7, 11) is 1.91. The predicted octanol–water partition coefficient (Wildman–Crippen LogP) is 1.32. The molecule has 0 aromatic carbocycles. The number of carbonyl (C=O) groups is 1. The van der Waals surface area contributed by atoms with Crippen molar-refractivity contribution in [2.75, 3.05) is 46.4 Å². The molecule has 6 heteroatoms. The number of ether oxygens (including phenoxy) is 1. The molecule has 1 aliphatic heterocycles. The fourth-order valence-corrected chi connectivity index (χ4v) is 2.61. The van der Waals surface area contributed by atoms with E-state index in [4.69, 9.17) is 4.74 Å². The van der Waals surface area contributed by atoms with Gasteiger partial charge in [-0.2, -0.15) is 0 Å². The van der Waals surface area contributed by atoms with Gasteiger partial charge in [-0.05, 0) is 40.0 Å². The van der Waals surface area contributed by atoms with E-state index in [1.54, 1.807) is 0 Å². The second-order valence-electron chi connectivity index (χ2n) is 5.58. The van der Waals surface area contributed by atoms with Crippen molar-refractivity contribution in [3.8, 4) is 0 Å². The molecule has 0 aromatic rings. The van der Waals surface area contributed by atoms with Gasteiger partial charge in [0, 0.05) is 39.8 Å². The van der Waals surface area contributed by atoms with Crippen LogP contribution in [0.5, 0.6) is 0 Å². The minimum atomic E-state index is 0.136. The maximum absolute atomic E-state index is 12.2. The number of rotatable bonds is 8. The Morgan fingerprint density at radius 1 is 1.32 bits per heavy atom. The summed E-state index contributed by atoms with van der Waals surface area (Å²) in [4.78, 5) is 20.6. The Morgan fingerprint density at radius 3 is 2.59 bits per heavy atom. The minimum Gasteiger partial charge on any atom is -0.378 e. The number of carbonyl (C=O) groups excluding carboxylic acids is 1. The zero-order valence-electron chi connectivity index (χ0n) is 14.6. The van der Waals surface area contributed by atoms with Crippen molar-refractivity contribution >= 4 is 11.9 Å². The molecule has 0 spiro atoms. The second kappa shape index (κ2) is 10.4. The van der Waals surface area contributed by atoms with Crippen molar-refractivity contribution in [1.82, 2.24) is 15.1 Å². The van der Waals surface area contributed by atoms with E-state index in [9.17, 15) is 4.79 Å². The highest BCUT2D eigenvalue weighted by Gasteiger charge is 2.16. The number of nitrogens with zero attached hydrogens (tertiary/aromatic N) is 3. The van der Waals surface area contributed by atoms with Gasteiger partial charge in [-0.1, -0.05) is 0 Å². The lowest BCUT2D eigenvalue weighted by Gasteiger charge is -2.25. The molecule has 1 fully saturated rings. The number of likely N-dealkylation sites (N-methyl/N-ethyl adjacent to an activating group) is 2. The third-order valence-electron chi connectivity index (χ3n) is 3.92. The Labute approximate surface area is 134 Å². The zero-order chi connectivity index (χ0) is 16.4. The highest BCUT2D eigenvalue weighted by Crippen LogP contribution is 2.14. The summed E-state index contributed by atoms with van der Waals surface area (Å²) in [5.74, 6) is 0.929. The lowest BCUT2D eigenvalue weighted by Crippen LogP contribution is -2.45. The molecule has 22 heavy (non-hydrogen) atoms. The van der Waals surface area contributed by atoms with Crippen LogP contribution in [0.15, 0.2) is 4.99 Å². The summed E-state index contributed by atoms with van der Waals surface area (Å²) in [6.07, 6.45) is 3.61. The van der Waals surface area contributed by atoms with E-state index in [2.05, 4.69) is 10.3 Å². The maximum Gasteiger partial charge on any atom is 0.242 e. The van der Waals surface area contributed by atoms with Crippen molar-refractivity contribution in [1.29, 1.82) is 0 Å². The fraction of sp³-hybridized carbons (Fsp3) is 0.875. The van der Waals surface area contributed by atoms with E-state index in [0.29, 0.717) is 12.6 Å². The number of hydrogen-bond acceptors (Lipinski definition) is 3. The highest BCUT2D eigenvalue weighted by molar-refractivity contribution is 5.86. The van der Waals surface area contributed by atoms with Gasteiger partial charge in [0.15, 0.2) is 5.96 Å². The van der Waals surface area contributed by atoms with E-state index in [1.165, 1.54) is 0 Å². The van der Waals surface area contributed by atoms with Crippen LogP contribution in [-0.4, -0.2) is 74.1 Å². The normalized spacial score (nSPS) is 18.4. The van der Waals surface area contributed by atoms with Crippen LogP contribution < -0.4 is 5.32 Å². The van der Waals surface area contributed by atoms with Crippen LogP contribution in [-0.2, 0) is 9.53 Å². The van der Waals surface area contributed by atoms with E-state index in [-0.39, 0.29) is 5.91 Å². The molecule has 0 radical (unpaired) electrons. The first-order valence-corrected chi connectivity index (χ1v) is 8.51. The van der Waals surface area contributed by atoms with Gasteiger partial charge in [0.1, 0.15) is 0 Å². The Hall–Kier alpha value is -1.30. The van der Waals surface area contributed by atoms with Crippen molar-refractivity contribution in [3.63, 3.8) is 0 Å². The number of aliphatic imine (C=N–C) groups is 1. The van der Waals surface area contributed by atoms with Crippen LogP contribution >= 0.6 is 0 Å². The smallest absolute Gasteiger partial charge is 0.242 e. The summed E-state index contributed by atoms with van der Waals surface area (Å²) in [6, 6.07) is 0. The monoisotopic (exact) mass is 312 g/mol. The molecule has 0 bridgehead atoms. The van der Waals surface area contributed by atoms with Crippen LogP contribution in [0.25, 0.3) is 0 Å². The van der Waals surface area contributed by atoms with Gasteiger partial charge in [0.25, 0.3) is 0 Å². The van der Waals surface area contributed by atoms with Gasteiger partial charge in [-0.15, -0.1) is 0 Å². The fourth-order valence-electron chi connectivity index (χ4n) is 2.61. The standard InChI is InChI=1S/C16H32N4O2/c1-5-17-16(18-11-10-14-9-8-12-22-14)19(4)13-15(21)20(6-2)7-3/h14H,5-13H2,1-4H3,(H,17,18). The average molecular weight is 312 g/mol. The molecular formula is C16H32N4O2. The van der Waals surface area contributed by atoms with E-state index in [1.807, 2.05) is 37.6 Å². The molecule has 1 amide bonds. The van der Waals surface area contributed by atoms with E-state index >= 15 is 0 Å². The van der Waals surface area contributed by atoms with Crippen molar-refractivity contribution in [2.24, 2.45) is 4.99 Å². The van der Waals surface area contributed by atoms with Crippen LogP contribution in [0, 0.1) is 0 Å². The van der Waals surface area contributed by atoms with Gasteiger partial charge in [0.2, 0.25) is 5.91 Å². The molecule has 6 nitrogen and oxygen atoms in total. The molecule has 0 aromatic heterocycles. The molecule has 128 valence electrons. The third-order valence-corrected chi connectivity index (χ3v) is 3.92. The molecule has 0 aliphatic carbocycles. The molecule has 1 N–H and O–H groups in total.